The van der Waals surface area contributed by atoms with Crippen molar-refractivity contribution in [3.63, 3.8) is 0 Å². The molecular formula is C16H27N3O2. The van der Waals surface area contributed by atoms with Crippen LogP contribution in [0.15, 0.2) is 0 Å². The van der Waals surface area contributed by atoms with Gasteiger partial charge in [0.15, 0.2) is 0 Å². The maximum atomic E-state index is 12.6. The molecule has 118 valence electrons. The number of hydrogen-bond donors (Lipinski definition) is 1. The minimum Gasteiger partial charge on any atom is -0.323 e. The Labute approximate surface area is 127 Å². The minimum atomic E-state index is -0.650. The van der Waals surface area contributed by atoms with E-state index >= 15 is 0 Å². The summed E-state index contributed by atoms with van der Waals surface area (Å²) in [5, 5.41) is 2.91. The van der Waals surface area contributed by atoms with Crippen molar-refractivity contribution in [2.24, 2.45) is 11.8 Å². The monoisotopic (exact) mass is 293 g/mol. The van der Waals surface area contributed by atoms with Gasteiger partial charge in [0.05, 0.1) is 6.67 Å². The maximum Gasteiger partial charge on any atom is 0.326 e. The summed E-state index contributed by atoms with van der Waals surface area (Å²) >= 11 is 0. The molecule has 3 fully saturated rings. The molecule has 0 bridgehead atoms. The summed E-state index contributed by atoms with van der Waals surface area (Å²) in [5.74, 6) is 1.02. The van der Waals surface area contributed by atoms with Crippen molar-refractivity contribution in [2.75, 3.05) is 20.3 Å². The highest BCUT2D eigenvalue weighted by Crippen LogP contribution is 2.42. The normalized spacial score (nSPS) is 31.1. The molecule has 2 saturated carbocycles. The molecule has 0 spiro atoms. The number of nitrogens with zero attached hydrogens (tertiary/aromatic N) is 2. The number of amides is 3. The molecule has 1 heterocycles. The average Bonchev–Trinajstić information content (AvgIpc) is 3.26. The molecule has 0 aromatic heterocycles. The Balaban J connectivity index is 1.56. The number of carbonyl (C=O) groups is 2. The Morgan fingerprint density at radius 1 is 1.19 bits per heavy atom. The number of nitrogens with one attached hydrogen (secondary N) is 1. The number of imide groups is 1. The second-order valence-electron chi connectivity index (χ2n) is 7.32. The van der Waals surface area contributed by atoms with E-state index in [0.717, 1.165) is 25.3 Å². The van der Waals surface area contributed by atoms with E-state index in [0.29, 0.717) is 12.6 Å². The third kappa shape index (κ3) is 2.93. The van der Waals surface area contributed by atoms with Gasteiger partial charge in [-0.2, -0.15) is 0 Å². The lowest BCUT2D eigenvalue weighted by Crippen LogP contribution is -2.47. The van der Waals surface area contributed by atoms with Gasteiger partial charge in [-0.3, -0.25) is 9.69 Å². The number of carbonyl (C=O) groups excluding carboxylic acids is 2. The van der Waals surface area contributed by atoms with Crippen LogP contribution < -0.4 is 5.32 Å². The molecule has 0 radical (unpaired) electrons. The SMILES string of the molecule is CN(CC1CCCCC1)CN1C(=O)N[C@](C)(C2CC2)C1=O. The van der Waals surface area contributed by atoms with Crippen molar-refractivity contribution in [3.8, 4) is 0 Å². The van der Waals surface area contributed by atoms with E-state index in [1.807, 2.05) is 14.0 Å². The van der Waals surface area contributed by atoms with Crippen LogP contribution >= 0.6 is 0 Å². The smallest absolute Gasteiger partial charge is 0.323 e. The van der Waals surface area contributed by atoms with E-state index < -0.39 is 5.54 Å². The van der Waals surface area contributed by atoms with Crippen LogP contribution in [-0.2, 0) is 4.79 Å². The van der Waals surface area contributed by atoms with Crippen LogP contribution in [-0.4, -0.2) is 47.5 Å². The first-order valence-electron chi connectivity index (χ1n) is 8.33. The van der Waals surface area contributed by atoms with Crippen LogP contribution in [0.3, 0.4) is 0 Å². The second-order valence-corrected chi connectivity index (χ2v) is 7.32. The topological polar surface area (TPSA) is 52.6 Å². The predicted octanol–water partition coefficient (Wildman–Crippen LogP) is 2.18. The summed E-state index contributed by atoms with van der Waals surface area (Å²) in [5.41, 5.74) is -0.650. The maximum absolute atomic E-state index is 12.6. The van der Waals surface area contributed by atoms with E-state index in [1.54, 1.807) is 0 Å². The van der Waals surface area contributed by atoms with E-state index in [4.69, 9.17) is 0 Å². The molecule has 21 heavy (non-hydrogen) atoms. The van der Waals surface area contributed by atoms with E-state index in [-0.39, 0.29) is 11.9 Å². The fourth-order valence-corrected chi connectivity index (χ4v) is 3.89. The molecule has 1 atom stereocenters. The predicted molar refractivity (Wildman–Crippen MR) is 80.6 cm³/mol. The molecule has 5 heteroatoms. The van der Waals surface area contributed by atoms with Crippen molar-refractivity contribution in [1.82, 2.24) is 15.1 Å². The summed E-state index contributed by atoms with van der Waals surface area (Å²) in [6.45, 7) is 3.28. The first-order chi connectivity index (χ1) is 10.0. The Morgan fingerprint density at radius 2 is 1.86 bits per heavy atom. The van der Waals surface area contributed by atoms with E-state index in [9.17, 15) is 9.59 Å². The molecule has 2 aliphatic carbocycles. The lowest BCUT2D eigenvalue weighted by molar-refractivity contribution is -0.132. The molecule has 1 aliphatic heterocycles. The summed E-state index contributed by atoms with van der Waals surface area (Å²) in [4.78, 5) is 28.2. The molecule has 5 nitrogen and oxygen atoms in total. The fraction of sp³-hybridized carbons (Fsp3) is 0.875. The van der Waals surface area contributed by atoms with Crippen LogP contribution in [0, 0.1) is 11.8 Å². The zero-order valence-electron chi connectivity index (χ0n) is 13.2. The summed E-state index contributed by atoms with van der Waals surface area (Å²) < 4.78 is 0. The highest BCUT2D eigenvalue weighted by Gasteiger charge is 2.56. The molecular weight excluding hydrogens is 266 g/mol. The first-order valence-corrected chi connectivity index (χ1v) is 8.33. The highest BCUT2D eigenvalue weighted by molar-refractivity contribution is 6.07. The molecule has 0 aromatic rings. The molecule has 0 aromatic carbocycles. The van der Waals surface area contributed by atoms with Gasteiger partial charge in [-0.1, -0.05) is 19.3 Å². The Morgan fingerprint density at radius 3 is 2.48 bits per heavy atom. The van der Waals surface area contributed by atoms with E-state index in [2.05, 4.69) is 10.2 Å². The van der Waals surface area contributed by atoms with Crippen molar-refractivity contribution in [2.45, 2.75) is 57.4 Å². The van der Waals surface area contributed by atoms with Gasteiger partial charge in [-0.05, 0) is 51.5 Å². The van der Waals surface area contributed by atoms with Gasteiger partial charge in [0, 0.05) is 6.54 Å². The quantitative estimate of drug-likeness (QED) is 0.790. The third-order valence-corrected chi connectivity index (χ3v) is 5.37. The Kier molecular flexibility index (Phi) is 3.95. The van der Waals surface area contributed by atoms with Gasteiger partial charge < -0.3 is 5.32 Å². The molecule has 1 saturated heterocycles. The van der Waals surface area contributed by atoms with Gasteiger partial charge in [0.2, 0.25) is 0 Å². The van der Waals surface area contributed by atoms with Crippen molar-refractivity contribution in [3.05, 3.63) is 0 Å². The number of hydrogen-bond acceptors (Lipinski definition) is 3. The minimum absolute atomic E-state index is 0.0366. The molecule has 0 unspecified atom stereocenters. The molecule has 1 N–H and O–H groups in total. The summed E-state index contributed by atoms with van der Waals surface area (Å²) in [6, 6.07) is -0.218. The van der Waals surface area contributed by atoms with Gasteiger partial charge in [0.1, 0.15) is 5.54 Å². The van der Waals surface area contributed by atoms with Gasteiger partial charge in [-0.15, -0.1) is 0 Å². The standard InChI is InChI=1S/C16H27N3O2/c1-16(13-8-9-13)14(20)19(15(21)17-16)11-18(2)10-12-6-4-3-5-7-12/h12-13H,3-11H2,1-2H3,(H,17,21)/t16-/m1/s1. The van der Waals surface area contributed by atoms with Gasteiger partial charge >= 0.3 is 6.03 Å². The zero-order valence-corrected chi connectivity index (χ0v) is 13.2. The largest absolute Gasteiger partial charge is 0.326 e. The lowest BCUT2D eigenvalue weighted by atomic mass is 9.89. The average molecular weight is 293 g/mol. The first kappa shape index (κ1) is 14.8. The lowest BCUT2D eigenvalue weighted by Gasteiger charge is -2.29. The van der Waals surface area contributed by atoms with Crippen LogP contribution in [0.5, 0.6) is 0 Å². The zero-order chi connectivity index (χ0) is 15.0. The van der Waals surface area contributed by atoms with Crippen LogP contribution in [0.25, 0.3) is 0 Å². The van der Waals surface area contributed by atoms with Gasteiger partial charge in [-0.25, -0.2) is 9.69 Å². The molecule has 3 aliphatic rings. The fourth-order valence-electron chi connectivity index (χ4n) is 3.89. The van der Waals surface area contributed by atoms with Crippen LogP contribution in [0.2, 0.25) is 0 Å². The van der Waals surface area contributed by atoms with Crippen LogP contribution in [0.1, 0.15) is 51.9 Å². The van der Waals surface area contributed by atoms with Crippen molar-refractivity contribution in [1.29, 1.82) is 0 Å². The Hall–Kier alpha value is -1.10. The third-order valence-electron chi connectivity index (χ3n) is 5.37. The summed E-state index contributed by atoms with van der Waals surface area (Å²) in [6.07, 6.45) is 8.66. The van der Waals surface area contributed by atoms with Crippen molar-refractivity contribution >= 4 is 11.9 Å². The van der Waals surface area contributed by atoms with Crippen molar-refractivity contribution < 1.29 is 9.59 Å². The highest BCUT2D eigenvalue weighted by atomic mass is 16.2. The second kappa shape index (κ2) is 5.59. The number of rotatable bonds is 5. The molecule has 3 amide bonds. The van der Waals surface area contributed by atoms with Gasteiger partial charge in [0.25, 0.3) is 5.91 Å². The number of urea groups is 1. The van der Waals surface area contributed by atoms with E-state index in [1.165, 1.54) is 37.0 Å². The Bertz CT molecular complexity index is 429. The molecule has 3 rings (SSSR count). The van der Waals surface area contributed by atoms with Crippen LogP contribution in [0.4, 0.5) is 4.79 Å². The summed E-state index contributed by atoms with van der Waals surface area (Å²) in [7, 11) is 2.02.